The molecule has 0 bridgehead atoms. The van der Waals surface area contributed by atoms with Crippen molar-refractivity contribution in [2.45, 2.75) is 44.7 Å². The smallest absolute Gasteiger partial charge is 0.0412 e. The predicted octanol–water partition coefficient (Wildman–Crippen LogP) is 3.27. The van der Waals surface area contributed by atoms with Crippen LogP contribution in [0.1, 0.15) is 43.5 Å². The first kappa shape index (κ1) is 12.6. The summed E-state index contributed by atoms with van der Waals surface area (Å²) in [5.41, 5.74) is 0. The van der Waals surface area contributed by atoms with Gasteiger partial charge >= 0.3 is 0 Å². The molecule has 2 fully saturated rings. The van der Waals surface area contributed by atoms with E-state index in [1.54, 1.807) is 0 Å². The first-order chi connectivity index (χ1) is 8.86. The second-order valence-electron chi connectivity index (χ2n) is 5.77. The molecule has 18 heavy (non-hydrogen) atoms. The van der Waals surface area contributed by atoms with Gasteiger partial charge in [-0.1, -0.05) is 13.0 Å². The molecule has 0 amide bonds. The number of rotatable bonds is 6. The maximum Gasteiger partial charge on any atom is 0.0412 e. The van der Waals surface area contributed by atoms with Gasteiger partial charge in [0.1, 0.15) is 0 Å². The molecule has 1 saturated carbocycles. The Kier molecular flexibility index (Phi) is 4.02. The molecule has 2 atom stereocenters. The molecule has 0 spiro atoms. The summed E-state index contributed by atoms with van der Waals surface area (Å²) < 4.78 is 0. The summed E-state index contributed by atoms with van der Waals surface area (Å²) >= 11 is 1.88. The molecule has 0 aromatic carbocycles. The second kappa shape index (κ2) is 5.72. The van der Waals surface area contributed by atoms with Crippen LogP contribution in [-0.4, -0.2) is 30.6 Å². The Morgan fingerprint density at radius 2 is 2.33 bits per heavy atom. The summed E-state index contributed by atoms with van der Waals surface area (Å²) in [5, 5.41) is 5.96. The summed E-state index contributed by atoms with van der Waals surface area (Å²) in [4.78, 5) is 4.20. The highest BCUT2D eigenvalue weighted by molar-refractivity contribution is 7.10. The lowest BCUT2D eigenvalue weighted by atomic mass is 10.1. The summed E-state index contributed by atoms with van der Waals surface area (Å²) in [6, 6.07) is 5.94. The molecule has 1 aromatic rings. The van der Waals surface area contributed by atoms with E-state index in [2.05, 4.69) is 34.7 Å². The van der Waals surface area contributed by atoms with Gasteiger partial charge in [0.25, 0.3) is 0 Å². The van der Waals surface area contributed by atoms with Gasteiger partial charge < -0.3 is 10.2 Å². The molecule has 100 valence electrons. The van der Waals surface area contributed by atoms with Crippen LogP contribution in [0.4, 0.5) is 0 Å². The second-order valence-corrected chi connectivity index (χ2v) is 6.74. The minimum Gasteiger partial charge on any atom is -0.309 e. The van der Waals surface area contributed by atoms with Gasteiger partial charge in [-0.25, -0.2) is 0 Å². The van der Waals surface area contributed by atoms with Gasteiger partial charge in [0, 0.05) is 23.5 Å². The molecule has 0 radical (unpaired) electrons. The predicted molar refractivity (Wildman–Crippen MR) is 78.1 cm³/mol. The lowest BCUT2D eigenvalue weighted by Gasteiger charge is -2.19. The van der Waals surface area contributed by atoms with Crippen LogP contribution in [0.5, 0.6) is 0 Å². The average Bonchev–Trinajstić information content (AvgIpc) is 2.93. The van der Waals surface area contributed by atoms with E-state index in [9.17, 15) is 0 Å². The van der Waals surface area contributed by atoms with Crippen molar-refractivity contribution in [3.05, 3.63) is 22.4 Å². The van der Waals surface area contributed by atoms with Crippen molar-refractivity contribution in [1.29, 1.82) is 0 Å². The Morgan fingerprint density at radius 3 is 3.00 bits per heavy atom. The molecule has 1 saturated heterocycles. The van der Waals surface area contributed by atoms with Crippen LogP contribution in [0.3, 0.4) is 0 Å². The van der Waals surface area contributed by atoms with Gasteiger partial charge in [-0.05, 0) is 56.1 Å². The summed E-state index contributed by atoms with van der Waals surface area (Å²) in [5.74, 6) is 0.875. The van der Waals surface area contributed by atoms with E-state index in [1.165, 1.54) is 50.2 Å². The summed E-state index contributed by atoms with van der Waals surface area (Å²) in [6.07, 6.45) is 5.49. The molecule has 3 rings (SSSR count). The van der Waals surface area contributed by atoms with Crippen molar-refractivity contribution in [2.24, 2.45) is 5.92 Å². The van der Waals surface area contributed by atoms with Crippen molar-refractivity contribution >= 4 is 11.3 Å². The van der Waals surface area contributed by atoms with Gasteiger partial charge in [0.05, 0.1) is 0 Å². The zero-order chi connectivity index (χ0) is 12.4. The zero-order valence-corrected chi connectivity index (χ0v) is 12.1. The summed E-state index contributed by atoms with van der Waals surface area (Å²) in [6.45, 7) is 6.15. The fourth-order valence-electron chi connectivity index (χ4n) is 3.05. The Hall–Kier alpha value is -0.380. The van der Waals surface area contributed by atoms with E-state index in [1.807, 2.05) is 11.3 Å². The molecule has 2 heterocycles. The topological polar surface area (TPSA) is 15.3 Å². The molecule has 1 aliphatic carbocycles. The third kappa shape index (κ3) is 2.95. The quantitative estimate of drug-likeness (QED) is 0.848. The molecule has 2 nitrogen and oxygen atoms in total. The van der Waals surface area contributed by atoms with Crippen LogP contribution >= 0.6 is 11.3 Å². The van der Waals surface area contributed by atoms with Gasteiger partial charge in [0.2, 0.25) is 0 Å². The van der Waals surface area contributed by atoms with Crippen molar-refractivity contribution in [3.63, 3.8) is 0 Å². The third-order valence-corrected chi connectivity index (χ3v) is 5.31. The maximum absolute atomic E-state index is 3.78. The zero-order valence-electron chi connectivity index (χ0n) is 11.3. The van der Waals surface area contributed by atoms with E-state index in [0.29, 0.717) is 6.04 Å². The molecule has 1 aliphatic heterocycles. The van der Waals surface area contributed by atoms with Gasteiger partial charge in [-0.15, -0.1) is 11.3 Å². The maximum atomic E-state index is 3.78. The number of likely N-dealkylation sites (tertiary alicyclic amines) is 1. The molecule has 2 aliphatic rings. The number of hydrogen-bond donors (Lipinski definition) is 1. The minimum absolute atomic E-state index is 0.569. The fourth-order valence-corrected chi connectivity index (χ4v) is 3.93. The molecular formula is C15H24N2S. The highest BCUT2D eigenvalue weighted by Gasteiger charge is 2.34. The van der Waals surface area contributed by atoms with Crippen molar-refractivity contribution < 1.29 is 0 Å². The van der Waals surface area contributed by atoms with Crippen LogP contribution in [0.25, 0.3) is 0 Å². The Morgan fingerprint density at radius 1 is 1.44 bits per heavy atom. The Bertz CT molecular complexity index is 359. The fraction of sp³-hybridized carbons (Fsp3) is 0.733. The number of hydrogen-bond acceptors (Lipinski definition) is 3. The number of thiophene rings is 1. The highest BCUT2D eigenvalue weighted by Crippen LogP contribution is 2.31. The Labute approximate surface area is 114 Å². The lowest BCUT2D eigenvalue weighted by Crippen LogP contribution is -2.29. The van der Waals surface area contributed by atoms with Crippen molar-refractivity contribution in [2.75, 3.05) is 19.6 Å². The average molecular weight is 264 g/mol. The SMILES string of the molecule is CCC(NCC1CCN(C2CC2)C1)c1cccs1. The standard InChI is InChI=1S/C15H24N2S/c1-2-14(15-4-3-9-18-15)16-10-12-7-8-17(11-12)13-5-6-13/h3-4,9,12-14,16H,2,5-8,10-11H2,1H3. The molecule has 2 unspecified atom stereocenters. The minimum atomic E-state index is 0.569. The third-order valence-electron chi connectivity index (χ3n) is 4.33. The monoisotopic (exact) mass is 264 g/mol. The van der Waals surface area contributed by atoms with Crippen molar-refractivity contribution in [1.82, 2.24) is 10.2 Å². The molecular weight excluding hydrogens is 240 g/mol. The first-order valence-corrected chi connectivity index (χ1v) is 8.25. The number of nitrogens with one attached hydrogen (secondary N) is 1. The van der Waals surface area contributed by atoms with Crippen LogP contribution in [0.15, 0.2) is 17.5 Å². The van der Waals surface area contributed by atoms with Crippen LogP contribution < -0.4 is 5.32 Å². The molecule has 1 aromatic heterocycles. The van der Waals surface area contributed by atoms with E-state index in [-0.39, 0.29) is 0 Å². The van der Waals surface area contributed by atoms with Gasteiger partial charge in [-0.3, -0.25) is 0 Å². The molecule has 1 N–H and O–H groups in total. The lowest BCUT2D eigenvalue weighted by molar-refractivity contribution is 0.309. The molecule has 3 heteroatoms. The van der Waals surface area contributed by atoms with E-state index in [0.717, 1.165) is 12.0 Å². The first-order valence-electron chi connectivity index (χ1n) is 7.37. The number of nitrogens with zero attached hydrogens (tertiary/aromatic N) is 1. The van der Waals surface area contributed by atoms with E-state index < -0.39 is 0 Å². The summed E-state index contributed by atoms with van der Waals surface area (Å²) in [7, 11) is 0. The normalized spacial score (nSPS) is 26.6. The Balaban J connectivity index is 1.45. The largest absolute Gasteiger partial charge is 0.309 e. The van der Waals surface area contributed by atoms with E-state index >= 15 is 0 Å². The van der Waals surface area contributed by atoms with Gasteiger partial charge in [-0.2, -0.15) is 0 Å². The van der Waals surface area contributed by atoms with Crippen LogP contribution in [-0.2, 0) is 0 Å². The van der Waals surface area contributed by atoms with Crippen molar-refractivity contribution in [3.8, 4) is 0 Å². The van der Waals surface area contributed by atoms with E-state index in [4.69, 9.17) is 0 Å². The van der Waals surface area contributed by atoms with Gasteiger partial charge in [0.15, 0.2) is 0 Å². The highest BCUT2D eigenvalue weighted by atomic mass is 32.1. The van der Waals surface area contributed by atoms with Crippen LogP contribution in [0.2, 0.25) is 0 Å². The van der Waals surface area contributed by atoms with Crippen LogP contribution in [0, 0.1) is 5.92 Å².